The third-order valence-electron chi connectivity index (χ3n) is 3.70. The van der Waals surface area contributed by atoms with E-state index >= 15 is 0 Å². The Morgan fingerprint density at radius 3 is 2.38 bits per heavy atom. The average molecular weight is 225 g/mol. The standard InChI is InChI=1S/C10H16N4O2/c1-9(2)10(3,4)14(16)8(13(9)15)7-5-11-6-12-7/h5-6,15-16H,1-4H3/p+1. The number of nitrogens with one attached hydrogen (secondary N) is 1. The second-order valence-electron chi connectivity index (χ2n) is 5.03. The molecule has 0 saturated heterocycles. The minimum atomic E-state index is -0.609. The van der Waals surface area contributed by atoms with Gasteiger partial charge in [0.15, 0.2) is 16.8 Å². The summed E-state index contributed by atoms with van der Waals surface area (Å²) in [5.41, 5.74) is -0.645. The topological polar surface area (TPSA) is 75.4 Å². The molecule has 0 unspecified atom stereocenters. The number of hydrogen-bond acceptors (Lipinski definition) is 4. The van der Waals surface area contributed by atoms with Gasteiger partial charge in [-0.2, -0.15) is 0 Å². The lowest BCUT2D eigenvalue weighted by Crippen LogP contribution is -2.54. The third-order valence-corrected chi connectivity index (χ3v) is 3.70. The van der Waals surface area contributed by atoms with Crippen LogP contribution in [0.15, 0.2) is 12.5 Å². The van der Waals surface area contributed by atoms with Crippen LogP contribution < -0.4 is 0 Å². The molecule has 3 N–H and O–H groups in total. The third kappa shape index (κ3) is 1.10. The van der Waals surface area contributed by atoms with Crippen molar-refractivity contribution in [3.63, 3.8) is 0 Å². The van der Waals surface area contributed by atoms with Crippen LogP contribution in [0.2, 0.25) is 0 Å². The molecule has 0 amide bonds. The van der Waals surface area contributed by atoms with Crippen LogP contribution in [0.3, 0.4) is 0 Å². The van der Waals surface area contributed by atoms with Crippen molar-refractivity contribution in [3.8, 4) is 0 Å². The molecular formula is C10H17N4O2+. The molecule has 1 aliphatic rings. The highest BCUT2D eigenvalue weighted by Crippen LogP contribution is 2.36. The number of rotatable bonds is 1. The first-order valence-electron chi connectivity index (χ1n) is 5.14. The van der Waals surface area contributed by atoms with E-state index in [1.54, 1.807) is 6.20 Å². The van der Waals surface area contributed by atoms with Gasteiger partial charge in [0, 0.05) is 0 Å². The van der Waals surface area contributed by atoms with Gasteiger partial charge < -0.3 is 10.2 Å². The maximum absolute atomic E-state index is 10.1. The molecule has 16 heavy (non-hydrogen) atoms. The molecule has 0 bridgehead atoms. The van der Waals surface area contributed by atoms with Crippen molar-refractivity contribution in [2.45, 2.75) is 38.8 Å². The van der Waals surface area contributed by atoms with Gasteiger partial charge in [-0.1, -0.05) is 4.74 Å². The van der Waals surface area contributed by atoms with Crippen molar-refractivity contribution < 1.29 is 15.2 Å². The number of nitrogens with zero attached hydrogens (tertiary/aromatic N) is 3. The van der Waals surface area contributed by atoms with Gasteiger partial charge in [0.1, 0.15) is 0 Å². The molecule has 6 nitrogen and oxygen atoms in total. The van der Waals surface area contributed by atoms with Crippen LogP contribution in [0.1, 0.15) is 33.4 Å². The summed E-state index contributed by atoms with van der Waals surface area (Å²) in [7, 11) is 0. The first-order valence-corrected chi connectivity index (χ1v) is 5.14. The summed E-state index contributed by atoms with van der Waals surface area (Å²) >= 11 is 0. The highest BCUT2D eigenvalue weighted by Gasteiger charge is 2.62. The maximum Gasteiger partial charge on any atom is 0.367 e. The molecule has 88 valence electrons. The van der Waals surface area contributed by atoms with Crippen molar-refractivity contribution in [2.24, 2.45) is 0 Å². The Labute approximate surface area is 93.8 Å². The fraction of sp³-hybridized carbons (Fsp3) is 0.600. The molecule has 2 rings (SSSR count). The molecule has 1 aliphatic heterocycles. The minimum absolute atomic E-state index is 0.313. The molecule has 0 fully saturated rings. The molecule has 0 saturated carbocycles. The monoisotopic (exact) mass is 225 g/mol. The van der Waals surface area contributed by atoms with Crippen LogP contribution >= 0.6 is 0 Å². The largest absolute Gasteiger partial charge is 0.367 e. The molecule has 6 heteroatoms. The predicted octanol–water partition coefficient (Wildman–Crippen LogP) is 0.820. The quantitative estimate of drug-likeness (QED) is 0.488. The zero-order valence-electron chi connectivity index (χ0n) is 9.89. The maximum atomic E-state index is 10.1. The van der Waals surface area contributed by atoms with Gasteiger partial charge >= 0.3 is 5.84 Å². The lowest BCUT2D eigenvalue weighted by Gasteiger charge is -2.29. The van der Waals surface area contributed by atoms with E-state index < -0.39 is 11.1 Å². The smallest absolute Gasteiger partial charge is 0.354 e. The van der Waals surface area contributed by atoms with Gasteiger partial charge in [-0.3, -0.25) is 0 Å². The molecule has 0 aliphatic carbocycles. The zero-order chi connectivity index (χ0) is 12.1. The van der Waals surface area contributed by atoms with E-state index in [4.69, 9.17) is 0 Å². The Hall–Kier alpha value is -1.56. The van der Waals surface area contributed by atoms with Crippen LogP contribution in [-0.2, 0) is 0 Å². The van der Waals surface area contributed by atoms with E-state index in [1.807, 2.05) is 27.7 Å². The van der Waals surface area contributed by atoms with E-state index in [0.29, 0.717) is 11.5 Å². The van der Waals surface area contributed by atoms with Gasteiger partial charge in [-0.25, -0.2) is 10.2 Å². The molecule has 0 aromatic carbocycles. The van der Waals surface area contributed by atoms with E-state index in [9.17, 15) is 10.4 Å². The Balaban J connectivity index is 2.59. The Morgan fingerprint density at radius 2 is 2.00 bits per heavy atom. The number of H-pyrrole nitrogens is 1. The summed E-state index contributed by atoms with van der Waals surface area (Å²) in [6, 6.07) is 0. The SMILES string of the molecule is CC1(C)N(O)C(c2cnc[nH]2)=[N+](O)C1(C)C. The van der Waals surface area contributed by atoms with E-state index in [-0.39, 0.29) is 0 Å². The van der Waals surface area contributed by atoms with Crippen molar-refractivity contribution in [1.29, 1.82) is 0 Å². The fourth-order valence-electron chi connectivity index (χ4n) is 1.74. The predicted molar refractivity (Wildman–Crippen MR) is 56.5 cm³/mol. The molecule has 1 aromatic heterocycles. The highest BCUT2D eigenvalue weighted by atomic mass is 16.5. The molecule has 0 radical (unpaired) electrons. The summed E-state index contributed by atoms with van der Waals surface area (Å²) in [5, 5.41) is 21.4. The second kappa shape index (κ2) is 2.98. The number of aromatic nitrogens is 2. The normalized spacial score (nSPS) is 22.9. The molecule has 1 aromatic rings. The van der Waals surface area contributed by atoms with E-state index in [0.717, 1.165) is 9.80 Å². The summed E-state index contributed by atoms with van der Waals surface area (Å²) in [5.74, 6) is 0.313. The lowest BCUT2D eigenvalue weighted by molar-refractivity contribution is -0.820. The molecular weight excluding hydrogens is 208 g/mol. The number of imidazole rings is 1. The Bertz CT molecular complexity index is 434. The van der Waals surface area contributed by atoms with Gasteiger partial charge in [0.05, 0.1) is 12.5 Å². The second-order valence-corrected chi connectivity index (χ2v) is 5.03. The zero-order valence-corrected chi connectivity index (χ0v) is 9.89. The van der Waals surface area contributed by atoms with Crippen molar-refractivity contribution in [1.82, 2.24) is 15.0 Å². The van der Waals surface area contributed by atoms with Crippen LogP contribution in [0.5, 0.6) is 0 Å². The first kappa shape index (κ1) is 10.9. The Kier molecular flexibility index (Phi) is 2.03. The lowest BCUT2D eigenvalue weighted by atomic mass is 9.84. The van der Waals surface area contributed by atoms with Crippen molar-refractivity contribution >= 4 is 5.84 Å². The average Bonchev–Trinajstić information content (AvgIpc) is 2.73. The molecule has 2 heterocycles. The summed E-state index contributed by atoms with van der Waals surface area (Å²) in [6.07, 6.45) is 3.06. The van der Waals surface area contributed by atoms with Gasteiger partial charge in [-0.05, 0) is 27.7 Å². The number of amidine groups is 1. The van der Waals surface area contributed by atoms with Crippen LogP contribution in [-0.4, -0.2) is 47.1 Å². The van der Waals surface area contributed by atoms with Gasteiger partial charge in [-0.15, -0.1) is 5.06 Å². The number of aromatic amines is 1. The van der Waals surface area contributed by atoms with E-state index in [2.05, 4.69) is 9.97 Å². The van der Waals surface area contributed by atoms with Gasteiger partial charge in [0.25, 0.3) is 0 Å². The molecule has 0 atom stereocenters. The summed E-state index contributed by atoms with van der Waals surface area (Å²) < 4.78 is 1.07. The van der Waals surface area contributed by atoms with Crippen LogP contribution in [0.25, 0.3) is 0 Å². The van der Waals surface area contributed by atoms with E-state index in [1.165, 1.54) is 6.33 Å². The highest BCUT2D eigenvalue weighted by molar-refractivity contribution is 5.93. The molecule has 0 spiro atoms. The van der Waals surface area contributed by atoms with Crippen LogP contribution in [0.4, 0.5) is 0 Å². The van der Waals surface area contributed by atoms with Crippen LogP contribution in [0, 0.1) is 0 Å². The van der Waals surface area contributed by atoms with Crippen molar-refractivity contribution in [3.05, 3.63) is 18.2 Å². The van der Waals surface area contributed by atoms with Crippen molar-refractivity contribution in [2.75, 3.05) is 0 Å². The fourth-order valence-corrected chi connectivity index (χ4v) is 1.74. The number of hydroxylamine groups is 3. The Morgan fingerprint density at radius 1 is 1.38 bits per heavy atom. The first-order chi connectivity index (χ1) is 7.30. The summed E-state index contributed by atoms with van der Waals surface area (Å²) in [6.45, 7) is 7.44. The minimum Gasteiger partial charge on any atom is -0.354 e. The van der Waals surface area contributed by atoms with Gasteiger partial charge in [0.2, 0.25) is 0 Å². The summed E-state index contributed by atoms with van der Waals surface area (Å²) in [4.78, 5) is 6.74. The number of hydrogen-bond donors (Lipinski definition) is 3.